The number of oxime groups is 2. The molecule has 0 bridgehead atoms. The van der Waals surface area contributed by atoms with Gasteiger partial charge >= 0.3 is 0 Å². The Kier molecular flexibility index (Phi) is 12.5. The van der Waals surface area contributed by atoms with Gasteiger partial charge in [-0.1, -0.05) is 64.9 Å². The van der Waals surface area contributed by atoms with E-state index in [1.165, 1.54) is 6.07 Å². The van der Waals surface area contributed by atoms with Gasteiger partial charge in [0.1, 0.15) is 40.2 Å². The molecule has 0 spiro atoms. The molecule has 6 rings (SSSR count). The van der Waals surface area contributed by atoms with Gasteiger partial charge in [0.2, 0.25) is 0 Å². The van der Waals surface area contributed by atoms with Crippen LogP contribution < -0.4 is 20.1 Å². The van der Waals surface area contributed by atoms with Gasteiger partial charge in [0.15, 0.2) is 6.10 Å². The van der Waals surface area contributed by atoms with Gasteiger partial charge in [0, 0.05) is 19.5 Å². The fraction of sp³-hybridized carbons (Fsp3) is 0.211. The zero-order valence-corrected chi connectivity index (χ0v) is 29.1. The average Bonchev–Trinajstić information content (AvgIpc) is 3.67. The van der Waals surface area contributed by atoms with Crippen LogP contribution in [0.25, 0.3) is 0 Å². The zero-order valence-electron chi connectivity index (χ0n) is 29.1. The first-order valence-electron chi connectivity index (χ1n) is 16.2. The summed E-state index contributed by atoms with van der Waals surface area (Å²) in [6.07, 6.45) is 1.59. The van der Waals surface area contributed by atoms with Crippen LogP contribution in [0.2, 0.25) is 0 Å². The summed E-state index contributed by atoms with van der Waals surface area (Å²) >= 11 is 0. The quantitative estimate of drug-likeness (QED) is 0.0949. The van der Waals surface area contributed by atoms with Crippen molar-refractivity contribution in [1.82, 2.24) is 30.6 Å². The van der Waals surface area contributed by atoms with Gasteiger partial charge in [-0.25, -0.2) is 19.9 Å². The monoisotopic (exact) mass is 702 g/mol. The fourth-order valence-electron chi connectivity index (χ4n) is 5.07. The number of amides is 2. The molecule has 2 amide bonds. The predicted molar refractivity (Wildman–Crippen MR) is 193 cm³/mol. The fourth-order valence-corrected chi connectivity index (χ4v) is 5.07. The minimum atomic E-state index is -0.325. The third-order valence-corrected chi connectivity index (χ3v) is 7.71. The molecule has 1 unspecified atom stereocenters. The number of aryl methyl sites for hydroxylation is 2. The Morgan fingerprint density at radius 1 is 0.788 bits per heavy atom. The van der Waals surface area contributed by atoms with E-state index in [0.29, 0.717) is 54.0 Å². The third kappa shape index (κ3) is 10.2. The highest BCUT2D eigenvalue weighted by atomic mass is 16.6. The Hall–Kier alpha value is -6.70. The van der Waals surface area contributed by atoms with Crippen molar-refractivity contribution in [3.8, 4) is 11.5 Å². The highest BCUT2D eigenvalue weighted by molar-refractivity contribution is 6.02. The Balaban J connectivity index is 0.000000212. The van der Waals surface area contributed by atoms with E-state index in [4.69, 9.17) is 19.5 Å². The summed E-state index contributed by atoms with van der Waals surface area (Å²) in [5.74, 6) is 1.87. The van der Waals surface area contributed by atoms with Crippen LogP contribution in [0.5, 0.6) is 11.5 Å². The van der Waals surface area contributed by atoms with Crippen molar-refractivity contribution in [1.29, 1.82) is 0 Å². The Morgan fingerprint density at radius 2 is 1.33 bits per heavy atom. The lowest BCUT2D eigenvalue weighted by Gasteiger charge is -2.09. The van der Waals surface area contributed by atoms with Crippen molar-refractivity contribution >= 4 is 23.7 Å². The maximum Gasteiger partial charge on any atom is 0.270 e. The Labute approximate surface area is 300 Å². The van der Waals surface area contributed by atoms with Gasteiger partial charge in [-0.2, -0.15) is 0 Å². The van der Waals surface area contributed by atoms with E-state index in [2.05, 4.69) is 40.9 Å². The van der Waals surface area contributed by atoms with Crippen molar-refractivity contribution in [3.63, 3.8) is 0 Å². The molecule has 266 valence electrons. The van der Waals surface area contributed by atoms with Gasteiger partial charge in [0.05, 0.1) is 31.8 Å². The number of carbonyl (C=O) groups is 2. The van der Waals surface area contributed by atoms with Gasteiger partial charge in [0.25, 0.3) is 11.8 Å². The Bertz CT molecular complexity index is 2040. The lowest BCUT2D eigenvalue weighted by atomic mass is 10.0. The maximum atomic E-state index is 12.6. The molecular formula is C38H38N8O6. The first-order chi connectivity index (χ1) is 25.2. The first-order valence-corrected chi connectivity index (χ1v) is 16.2. The van der Waals surface area contributed by atoms with Crippen LogP contribution >= 0.6 is 0 Å². The molecule has 14 heteroatoms. The molecule has 5 aromatic rings. The van der Waals surface area contributed by atoms with Crippen LogP contribution in [0.4, 0.5) is 0 Å². The Morgan fingerprint density at radius 3 is 1.87 bits per heavy atom. The molecule has 3 aromatic carbocycles. The number of carbonyl (C=O) groups excluding carboxylic acids is 2. The SMILES string of the molecule is COc1ccc(CNC(=O)c2cc(/C=N/O)nc(C)n2)cc1.COc1ccc(CNC(=O)c2cc(C3=NOC(c4ccccc4)C3)nc(C)n2)cc1. The lowest BCUT2D eigenvalue weighted by Crippen LogP contribution is -2.25. The molecule has 0 fully saturated rings. The minimum absolute atomic E-state index is 0.149. The van der Waals surface area contributed by atoms with Gasteiger partial charge in [-0.15, -0.1) is 0 Å². The van der Waals surface area contributed by atoms with E-state index in [0.717, 1.165) is 34.4 Å². The molecule has 3 heterocycles. The van der Waals surface area contributed by atoms with E-state index in [9.17, 15) is 9.59 Å². The number of rotatable bonds is 11. The second-order valence-corrected chi connectivity index (χ2v) is 11.5. The van der Waals surface area contributed by atoms with Crippen molar-refractivity contribution in [3.05, 3.63) is 142 Å². The van der Waals surface area contributed by atoms with Crippen molar-refractivity contribution in [2.45, 2.75) is 39.5 Å². The summed E-state index contributed by atoms with van der Waals surface area (Å²) in [5, 5.41) is 21.3. The number of nitrogens with one attached hydrogen (secondary N) is 2. The summed E-state index contributed by atoms with van der Waals surface area (Å²) in [6, 6.07) is 27.9. The van der Waals surface area contributed by atoms with Crippen molar-refractivity contribution in [2.75, 3.05) is 14.2 Å². The number of hydrogen-bond acceptors (Lipinski definition) is 12. The summed E-state index contributed by atoms with van der Waals surface area (Å²) in [4.78, 5) is 47.2. The number of aromatic nitrogens is 4. The molecule has 0 radical (unpaired) electrons. The molecule has 1 aliphatic rings. The van der Waals surface area contributed by atoms with Gasteiger partial charge < -0.3 is 30.2 Å². The van der Waals surface area contributed by atoms with Crippen LogP contribution in [0.3, 0.4) is 0 Å². The molecule has 14 nitrogen and oxygen atoms in total. The number of ether oxygens (including phenoxy) is 2. The molecule has 1 atom stereocenters. The topological polar surface area (TPSA) is 182 Å². The van der Waals surface area contributed by atoms with Crippen LogP contribution in [-0.2, 0) is 17.9 Å². The van der Waals surface area contributed by atoms with E-state index in [-0.39, 0.29) is 23.6 Å². The predicted octanol–water partition coefficient (Wildman–Crippen LogP) is 5.12. The average molecular weight is 703 g/mol. The van der Waals surface area contributed by atoms with Gasteiger partial charge in [-0.05, 0) is 66.9 Å². The second kappa shape index (κ2) is 17.8. The molecule has 52 heavy (non-hydrogen) atoms. The second-order valence-electron chi connectivity index (χ2n) is 11.5. The summed E-state index contributed by atoms with van der Waals surface area (Å²) in [5.41, 5.74) is 5.16. The molecule has 1 aliphatic heterocycles. The highest BCUT2D eigenvalue weighted by Crippen LogP contribution is 2.29. The summed E-state index contributed by atoms with van der Waals surface area (Å²) in [6.45, 7) is 4.18. The molecule has 3 N–H and O–H groups in total. The molecule has 0 aliphatic carbocycles. The van der Waals surface area contributed by atoms with Crippen LogP contribution in [0.15, 0.2) is 101 Å². The van der Waals surface area contributed by atoms with Crippen LogP contribution in [0.1, 0.15) is 73.2 Å². The molecule has 2 aromatic heterocycles. The molecular weight excluding hydrogens is 664 g/mol. The third-order valence-electron chi connectivity index (χ3n) is 7.71. The van der Waals surface area contributed by atoms with Gasteiger partial charge in [-0.3, -0.25) is 9.59 Å². The van der Waals surface area contributed by atoms with Crippen molar-refractivity contribution in [2.24, 2.45) is 10.3 Å². The first kappa shape index (κ1) is 36.6. The molecule has 0 saturated heterocycles. The standard InChI is InChI=1S/C23H22N4O3.C15H16N4O3/c1-15-25-19(20-13-22(30-27-20)17-6-4-3-5-7-17)12-21(26-15)23(28)24-14-16-8-10-18(29-2)11-9-16;1-10-18-12(9-17-21)7-14(19-10)15(20)16-8-11-3-5-13(22-2)6-4-11/h3-12,22H,13-14H2,1-2H3,(H,24,28);3-7,9,21H,8H2,1-2H3,(H,16,20)/b;17-9+. The van der Waals surface area contributed by atoms with Crippen LogP contribution in [-0.4, -0.2) is 63.1 Å². The summed E-state index contributed by atoms with van der Waals surface area (Å²) in [7, 11) is 3.22. The summed E-state index contributed by atoms with van der Waals surface area (Å²) < 4.78 is 10.2. The largest absolute Gasteiger partial charge is 0.497 e. The van der Waals surface area contributed by atoms with Crippen molar-refractivity contribution < 1.29 is 29.1 Å². The highest BCUT2D eigenvalue weighted by Gasteiger charge is 2.25. The number of nitrogens with zero attached hydrogens (tertiary/aromatic N) is 6. The van der Waals surface area contributed by atoms with E-state index >= 15 is 0 Å². The lowest BCUT2D eigenvalue weighted by molar-refractivity contribution is 0.0857. The maximum absolute atomic E-state index is 12.6. The number of benzene rings is 3. The zero-order chi connectivity index (χ0) is 36.9. The van der Waals surface area contributed by atoms with E-state index in [1.807, 2.05) is 78.9 Å². The normalized spacial score (nSPS) is 13.3. The van der Waals surface area contributed by atoms with E-state index in [1.54, 1.807) is 34.1 Å². The minimum Gasteiger partial charge on any atom is -0.497 e. The van der Waals surface area contributed by atoms with E-state index < -0.39 is 0 Å². The number of methoxy groups -OCH3 is 2. The van der Waals surface area contributed by atoms with Crippen LogP contribution in [0, 0.1) is 13.8 Å². The number of hydrogen-bond donors (Lipinski definition) is 3. The smallest absolute Gasteiger partial charge is 0.270 e. The molecule has 0 saturated carbocycles.